The van der Waals surface area contributed by atoms with Crippen molar-refractivity contribution in [1.82, 2.24) is 20.0 Å². The first-order valence-corrected chi connectivity index (χ1v) is 6.80. The zero-order valence-corrected chi connectivity index (χ0v) is 11.5. The molecule has 0 saturated carbocycles. The smallest absolute Gasteiger partial charge is 0.304 e. The molecule has 2 rings (SSSR count). The summed E-state index contributed by atoms with van der Waals surface area (Å²) < 4.78 is 7.21. The number of carboxylic acid groups (broad SMARTS) is 1. The molecule has 2 aromatic heterocycles. The van der Waals surface area contributed by atoms with Crippen LogP contribution in [0.4, 0.5) is 0 Å². The van der Waals surface area contributed by atoms with Crippen LogP contribution in [0.1, 0.15) is 19.0 Å². The number of hydrogen-bond donors (Lipinski definition) is 1. The molecule has 0 bridgehead atoms. The van der Waals surface area contributed by atoms with Crippen molar-refractivity contribution in [2.24, 2.45) is 7.05 Å². The van der Waals surface area contributed by atoms with Crippen LogP contribution in [0.2, 0.25) is 0 Å². The summed E-state index contributed by atoms with van der Waals surface area (Å²) in [5.41, 5.74) is 1.71. The fourth-order valence-corrected chi connectivity index (χ4v) is 2.23. The van der Waals surface area contributed by atoms with Gasteiger partial charge in [-0.15, -0.1) is 10.2 Å². The topological polar surface area (TPSA) is 94.0 Å². The first kappa shape index (κ1) is 13.6. The maximum Gasteiger partial charge on any atom is 0.304 e. The summed E-state index contributed by atoms with van der Waals surface area (Å²) in [4.78, 5) is 10.4. The largest absolute Gasteiger partial charge is 0.481 e. The minimum Gasteiger partial charge on any atom is -0.481 e. The molecular formula is C11H14N4O3S. The number of aryl methyl sites for hydroxylation is 2. The minimum absolute atomic E-state index is 0.0615. The lowest BCUT2D eigenvalue weighted by Gasteiger charge is -1.92. The fraction of sp³-hybridized carbons (Fsp3) is 0.455. The Morgan fingerprint density at radius 2 is 2.32 bits per heavy atom. The molecule has 102 valence electrons. The highest BCUT2D eigenvalue weighted by Crippen LogP contribution is 2.23. The molecule has 0 aliphatic carbocycles. The molecule has 1 N–H and O–H groups in total. The molecular weight excluding hydrogens is 268 g/mol. The Morgan fingerprint density at radius 1 is 1.53 bits per heavy atom. The van der Waals surface area contributed by atoms with Crippen LogP contribution in [0.5, 0.6) is 0 Å². The predicted molar refractivity (Wildman–Crippen MR) is 68.9 cm³/mol. The summed E-state index contributed by atoms with van der Waals surface area (Å²) >= 11 is 1.23. The van der Waals surface area contributed by atoms with Gasteiger partial charge in [0.1, 0.15) is 5.69 Å². The normalized spacial score (nSPS) is 10.8. The van der Waals surface area contributed by atoms with E-state index in [2.05, 4.69) is 15.3 Å². The molecule has 0 unspecified atom stereocenters. The highest BCUT2D eigenvalue weighted by Gasteiger charge is 2.13. The van der Waals surface area contributed by atoms with Crippen LogP contribution in [-0.2, 0) is 18.3 Å². The maximum atomic E-state index is 10.4. The third-order valence-electron chi connectivity index (χ3n) is 2.51. The number of rotatable bonds is 6. The third-order valence-corrected chi connectivity index (χ3v) is 3.33. The molecule has 8 heteroatoms. The van der Waals surface area contributed by atoms with Crippen LogP contribution in [0, 0.1) is 0 Å². The van der Waals surface area contributed by atoms with Crippen molar-refractivity contribution in [1.29, 1.82) is 0 Å². The van der Waals surface area contributed by atoms with E-state index in [1.165, 1.54) is 11.8 Å². The summed E-state index contributed by atoms with van der Waals surface area (Å²) in [6.45, 7) is 2.04. The Hall–Kier alpha value is -1.83. The molecule has 0 amide bonds. The van der Waals surface area contributed by atoms with E-state index in [-0.39, 0.29) is 6.42 Å². The monoisotopic (exact) mass is 282 g/mol. The van der Waals surface area contributed by atoms with Crippen molar-refractivity contribution >= 4 is 17.7 Å². The van der Waals surface area contributed by atoms with Crippen molar-refractivity contribution in [3.8, 4) is 11.6 Å². The molecule has 0 saturated heterocycles. The Balaban J connectivity index is 2.05. The molecule has 0 radical (unpaired) electrons. The quantitative estimate of drug-likeness (QED) is 0.804. The van der Waals surface area contributed by atoms with Gasteiger partial charge in [-0.3, -0.25) is 9.48 Å². The number of aliphatic carboxylic acids is 1. The average molecular weight is 282 g/mol. The molecule has 0 atom stereocenters. The molecule has 0 aromatic carbocycles. The molecule has 0 aliphatic rings. The lowest BCUT2D eigenvalue weighted by atomic mass is 10.3. The number of hydrogen-bond acceptors (Lipinski definition) is 6. The molecule has 2 aromatic rings. The van der Waals surface area contributed by atoms with Crippen molar-refractivity contribution in [3.05, 3.63) is 11.8 Å². The lowest BCUT2D eigenvalue weighted by molar-refractivity contribution is -0.136. The van der Waals surface area contributed by atoms with E-state index in [1.807, 2.05) is 20.0 Å². The summed E-state index contributed by atoms with van der Waals surface area (Å²) in [6, 6.07) is 1.90. The highest BCUT2D eigenvalue weighted by atomic mass is 32.2. The Morgan fingerprint density at radius 3 is 2.95 bits per heavy atom. The van der Waals surface area contributed by atoms with E-state index >= 15 is 0 Å². The number of thioether (sulfide) groups is 1. The van der Waals surface area contributed by atoms with Gasteiger partial charge in [0.15, 0.2) is 0 Å². The summed E-state index contributed by atoms with van der Waals surface area (Å²) in [7, 11) is 1.86. The molecule has 19 heavy (non-hydrogen) atoms. The van der Waals surface area contributed by atoms with Crippen LogP contribution < -0.4 is 0 Å². The van der Waals surface area contributed by atoms with E-state index in [1.54, 1.807) is 4.68 Å². The average Bonchev–Trinajstić information content (AvgIpc) is 2.95. The van der Waals surface area contributed by atoms with Gasteiger partial charge in [0.2, 0.25) is 0 Å². The van der Waals surface area contributed by atoms with E-state index < -0.39 is 5.97 Å². The molecule has 0 fully saturated rings. The van der Waals surface area contributed by atoms with E-state index in [4.69, 9.17) is 9.52 Å². The van der Waals surface area contributed by atoms with Gasteiger partial charge in [-0.25, -0.2) is 0 Å². The molecule has 0 spiro atoms. The lowest BCUT2D eigenvalue weighted by Crippen LogP contribution is -1.95. The standard InChI is InChI=1S/C11H14N4O3S/c1-3-7-6-8(14-15(7)2)10-12-13-11(18-10)19-5-4-9(16)17/h6H,3-5H2,1-2H3,(H,16,17). The third kappa shape index (κ3) is 3.34. The van der Waals surface area contributed by atoms with E-state index in [9.17, 15) is 4.79 Å². The Kier molecular flexibility index (Phi) is 4.20. The van der Waals surface area contributed by atoms with Crippen LogP contribution in [0.3, 0.4) is 0 Å². The maximum absolute atomic E-state index is 10.4. The zero-order chi connectivity index (χ0) is 13.8. The van der Waals surface area contributed by atoms with Crippen LogP contribution >= 0.6 is 11.8 Å². The second kappa shape index (κ2) is 5.87. The summed E-state index contributed by atoms with van der Waals surface area (Å²) in [5.74, 6) is -0.0861. The van der Waals surface area contributed by atoms with E-state index in [0.29, 0.717) is 22.6 Å². The molecule has 2 heterocycles. The number of aromatic nitrogens is 4. The fourth-order valence-electron chi connectivity index (χ4n) is 1.54. The van der Waals surface area contributed by atoms with Gasteiger partial charge < -0.3 is 9.52 Å². The first-order valence-electron chi connectivity index (χ1n) is 5.81. The van der Waals surface area contributed by atoms with Crippen molar-refractivity contribution in [2.45, 2.75) is 25.0 Å². The number of nitrogens with zero attached hydrogens (tertiary/aromatic N) is 4. The highest BCUT2D eigenvalue weighted by molar-refractivity contribution is 7.99. The second-order valence-electron chi connectivity index (χ2n) is 3.86. The zero-order valence-electron chi connectivity index (χ0n) is 10.7. The van der Waals surface area contributed by atoms with Crippen LogP contribution in [0.15, 0.2) is 15.7 Å². The van der Waals surface area contributed by atoms with Crippen molar-refractivity contribution in [2.75, 3.05) is 5.75 Å². The van der Waals surface area contributed by atoms with E-state index in [0.717, 1.165) is 12.1 Å². The van der Waals surface area contributed by atoms with Crippen LogP contribution in [-0.4, -0.2) is 36.8 Å². The van der Waals surface area contributed by atoms with Gasteiger partial charge in [0, 0.05) is 18.5 Å². The van der Waals surface area contributed by atoms with Gasteiger partial charge in [-0.2, -0.15) is 5.10 Å². The first-order chi connectivity index (χ1) is 9.10. The Labute approximate surface area is 114 Å². The Bertz CT molecular complexity index is 578. The summed E-state index contributed by atoms with van der Waals surface area (Å²) in [5, 5.41) is 21.0. The molecule has 7 nitrogen and oxygen atoms in total. The van der Waals surface area contributed by atoms with Gasteiger partial charge >= 0.3 is 5.97 Å². The van der Waals surface area contributed by atoms with Gasteiger partial charge in [0.05, 0.1) is 6.42 Å². The van der Waals surface area contributed by atoms with Crippen molar-refractivity contribution in [3.63, 3.8) is 0 Å². The minimum atomic E-state index is -0.843. The van der Waals surface area contributed by atoms with Gasteiger partial charge in [-0.1, -0.05) is 18.7 Å². The SMILES string of the molecule is CCc1cc(-c2nnc(SCCC(=O)O)o2)nn1C. The predicted octanol–water partition coefficient (Wildman–Crippen LogP) is 1.60. The van der Waals surface area contributed by atoms with Gasteiger partial charge in [0.25, 0.3) is 11.1 Å². The number of carbonyl (C=O) groups is 1. The molecule has 0 aliphatic heterocycles. The van der Waals surface area contributed by atoms with Gasteiger partial charge in [-0.05, 0) is 12.5 Å². The summed E-state index contributed by atoms with van der Waals surface area (Å²) in [6.07, 6.45) is 0.934. The number of carboxylic acids is 1. The van der Waals surface area contributed by atoms with Crippen molar-refractivity contribution < 1.29 is 14.3 Å². The second-order valence-corrected chi connectivity index (χ2v) is 4.91. The van der Waals surface area contributed by atoms with Crippen LogP contribution in [0.25, 0.3) is 11.6 Å².